The first-order valence-electron chi connectivity index (χ1n) is 7.94. The summed E-state index contributed by atoms with van der Waals surface area (Å²) in [6.07, 6.45) is 1.08. The molecule has 10 heteroatoms. The molecular formula is C18H13F2N5O3. The monoisotopic (exact) mass is 385 g/mol. The number of Topliss-reactive ketones (excluding diaryl/α,β-unsaturated/α-hetero) is 1. The molecule has 0 aliphatic heterocycles. The lowest BCUT2D eigenvalue weighted by atomic mass is 10.1. The summed E-state index contributed by atoms with van der Waals surface area (Å²) in [6, 6.07) is 9.25. The fraction of sp³-hybridized carbons (Fsp3) is 0.0556. The first-order chi connectivity index (χ1) is 13.3. The lowest BCUT2D eigenvalue weighted by Gasteiger charge is -2.10. The Kier molecular flexibility index (Phi) is 5.21. The fourth-order valence-corrected chi connectivity index (χ4v) is 2.37. The van der Waals surface area contributed by atoms with Crippen LogP contribution in [0.4, 0.5) is 37.5 Å². The molecule has 0 fully saturated rings. The molecule has 142 valence electrons. The van der Waals surface area contributed by atoms with Gasteiger partial charge in [0.1, 0.15) is 6.33 Å². The molecule has 3 aromatic rings. The predicted octanol–water partition coefficient (Wildman–Crippen LogP) is 4.35. The Bertz CT molecular complexity index is 1060. The van der Waals surface area contributed by atoms with E-state index in [2.05, 4.69) is 20.6 Å². The smallest absolute Gasteiger partial charge is 0.334 e. The van der Waals surface area contributed by atoms with E-state index in [0.717, 1.165) is 18.5 Å². The second-order valence-electron chi connectivity index (χ2n) is 5.69. The van der Waals surface area contributed by atoms with Gasteiger partial charge >= 0.3 is 5.69 Å². The number of carbonyl (C=O) groups excluding carboxylic acids is 1. The van der Waals surface area contributed by atoms with Crippen molar-refractivity contribution in [2.24, 2.45) is 0 Å². The maximum absolute atomic E-state index is 13.4. The van der Waals surface area contributed by atoms with Crippen LogP contribution in [0.25, 0.3) is 0 Å². The zero-order valence-electron chi connectivity index (χ0n) is 14.4. The quantitative estimate of drug-likeness (QED) is 0.369. The third kappa shape index (κ3) is 4.06. The van der Waals surface area contributed by atoms with Crippen LogP contribution in [0.2, 0.25) is 0 Å². The van der Waals surface area contributed by atoms with Gasteiger partial charge in [0.15, 0.2) is 17.4 Å². The number of benzene rings is 2. The maximum Gasteiger partial charge on any atom is 0.353 e. The summed E-state index contributed by atoms with van der Waals surface area (Å²) in [6.45, 7) is 1.42. The zero-order chi connectivity index (χ0) is 20.3. The number of nitrogens with one attached hydrogen (secondary N) is 2. The Hall–Kier alpha value is -3.95. The lowest BCUT2D eigenvalue weighted by Crippen LogP contribution is -2.06. The first-order valence-corrected chi connectivity index (χ1v) is 7.94. The van der Waals surface area contributed by atoms with Crippen LogP contribution in [0.5, 0.6) is 0 Å². The summed E-state index contributed by atoms with van der Waals surface area (Å²) < 4.78 is 26.4. The molecule has 2 N–H and O–H groups in total. The highest BCUT2D eigenvalue weighted by atomic mass is 19.2. The normalized spacial score (nSPS) is 10.4. The van der Waals surface area contributed by atoms with Gasteiger partial charge in [0, 0.05) is 23.0 Å². The van der Waals surface area contributed by atoms with Gasteiger partial charge in [-0.25, -0.2) is 18.7 Å². The molecule has 28 heavy (non-hydrogen) atoms. The fourth-order valence-electron chi connectivity index (χ4n) is 2.37. The van der Waals surface area contributed by atoms with E-state index in [0.29, 0.717) is 11.3 Å². The summed E-state index contributed by atoms with van der Waals surface area (Å²) in [5.74, 6) is -2.57. The molecule has 1 aromatic heterocycles. The van der Waals surface area contributed by atoms with Crippen LogP contribution in [-0.4, -0.2) is 20.7 Å². The summed E-state index contributed by atoms with van der Waals surface area (Å²) in [5, 5.41) is 16.9. The van der Waals surface area contributed by atoms with Gasteiger partial charge in [-0.3, -0.25) is 14.9 Å². The van der Waals surface area contributed by atoms with Crippen molar-refractivity contribution < 1.29 is 18.5 Å². The Balaban J connectivity index is 1.93. The Labute approximate surface area is 157 Å². The van der Waals surface area contributed by atoms with Crippen molar-refractivity contribution in [3.63, 3.8) is 0 Å². The number of halogens is 2. The van der Waals surface area contributed by atoms with Crippen molar-refractivity contribution in [2.45, 2.75) is 6.92 Å². The summed E-state index contributed by atoms with van der Waals surface area (Å²) in [7, 11) is 0. The molecule has 0 saturated carbocycles. The van der Waals surface area contributed by atoms with Crippen LogP contribution >= 0.6 is 0 Å². The average Bonchev–Trinajstić information content (AvgIpc) is 2.65. The number of hydrogen-bond acceptors (Lipinski definition) is 7. The third-order valence-corrected chi connectivity index (χ3v) is 3.74. The standard InChI is InChI=1S/C18H13F2N5O3/c1-10(26)11-2-4-12(5-3-11)23-17-16(25(27)28)18(22-9-21-17)24-13-6-7-14(19)15(20)8-13/h2-9H,1H3,(H2,21,22,23,24). The molecule has 0 bridgehead atoms. The molecule has 1 heterocycles. The molecule has 0 atom stereocenters. The minimum atomic E-state index is -1.11. The number of aromatic nitrogens is 2. The van der Waals surface area contributed by atoms with Gasteiger partial charge in [0.25, 0.3) is 0 Å². The SMILES string of the molecule is CC(=O)c1ccc(Nc2ncnc(Nc3ccc(F)c(F)c3)c2[N+](=O)[O-])cc1. The first kappa shape index (κ1) is 18.8. The van der Waals surface area contributed by atoms with Crippen molar-refractivity contribution >= 4 is 34.5 Å². The van der Waals surface area contributed by atoms with E-state index in [1.54, 1.807) is 24.3 Å². The van der Waals surface area contributed by atoms with Crippen LogP contribution in [-0.2, 0) is 0 Å². The van der Waals surface area contributed by atoms with Crippen LogP contribution in [0.15, 0.2) is 48.8 Å². The van der Waals surface area contributed by atoms with Crippen LogP contribution in [0.3, 0.4) is 0 Å². The zero-order valence-corrected chi connectivity index (χ0v) is 14.4. The molecule has 0 spiro atoms. The van der Waals surface area contributed by atoms with E-state index in [1.807, 2.05) is 0 Å². The minimum Gasteiger partial charge on any atom is -0.334 e. The van der Waals surface area contributed by atoms with Crippen LogP contribution < -0.4 is 10.6 Å². The van der Waals surface area contributed by atoms with Crippen LogP contribution in [0, 0.1) is 21.7 Å². The summed E-state index contributed by atoms with van der Waals surface area (Å²) in [4.78, 5) is 29.9. The van der Waals surface area contributed by atoms with Gasteiger partial charge in [0.05, 0.1) is 4.92 Å². The highest BCUT2D eigenvalue weighted by molar-refractivity contribution is 5.94. The average molecular weight is 385 g/mol. The molecule has 3 rings (SSSR count). The lowest BCUT2D eigenvalue weighted by molar-refractivity contribution is -0.383. The second-order valence-corrected chi connectivity index (χ2v) is 5.69. The number of hydrogen-bond donors (Lipinski definition) is 2. The molecule has 2 aromatic carbocycles. The van der Waals surface area contributed by atoms with E-state index < -0.39 is 22.2 Å². The van der Waals surface area contributed by atoms with Crippen molar-refractivity contribution in [3.8, 4) is 0 Å². The Morgan fingerprint density at radius 1 is 0.964 bits per heavy atom. The van der Waals surface area contributed by atoms with Gasteiger partial charge in [-0.2, -0.15) is 0 Å². The molecule has 0 saturated heterocycles. The van der Waals surface area contributed by atoms with Crippen LogP contribution in [0.1, 0.15) is 17.3 Å². The second kappa shape index (κ2) is 7.74. The topological polar surface area (TPSA) is 110 Å². The van der Waals surface area contributed by atoms with E-state index in [9.17, 15) is 23.7 Å². The molecule has 0 amide bonds. The molecule has 0 aliphatic carbocycles. The van der Waals surface area contributed by atoms with Gasteiger partial charge in [0.2, 0.25) is 11.6 Å². The van der Waals surface area contributed by atoms with Crippen molar-refractivity contribution in [3.05, 3.63) is 76.1 Å². The maximum atomic E-state index is 13.4. The van der Waals surface area contributed by atoms with Gasteiger partial charge in [-0.15, -0.1) is 0 Å². The predicted molar refractivity (Wildman–Crippen MR) is 98.1 cm³/mol. The van der Waals surface area contributed by atoms with Gasteiger partial charge in [-0.05, 0) is 43.3 Å². The molecule has 8 nitrogen and oxygen atoms in total. The minimum absolute atomic E-state index is 0.0810. The van der Waals surface area contributed by atoms with Gasteiger partial charge in [-0.1, -0.05) is 0 Å². The van der Waals surface area contributed by atoms with Crippen molar-refractivity contribution in [1.29, 1.82) is 0 Å². The number of nitrogens with zero attached hydrogens (tertiary/aromatic N) is 3. The third-order valence-electron chi connectivity index (χ3n) is 3.74. The number of nitro groups is 1. The Morgan fingerprint density at radius 3 is 2.07 bits per heavy atom. The highest BCUT2D eigenvalue weighted by Crippen LogP contribution is 2.33. The number of rotatable bonds is 6. The molecular weight excluding hydrogens is 372 g/mol. The van der Waals surface area contributed by atoms with E-state index in [4.69, 9.17) is 0 Å². The number of ketones is 1. The summed E-state index contributed by atoms with van der Waals surface area (Å²) in [5.41, 5.74) is 0.550. The number of carbonyl (C=O) groups is 1. The highest BCUT2D eigenvalue weighted by Gasteiger charge is 2.23. The molecule has 0 unspecified atom stereocenters. The van der Waals surface area contributed by atoms with Crippen molar-refractivity contribution in [2.75, 3.05) is 10.6 Å². The summed E-state index contributed by atoms with van der Waals surface area (Å²) >= 11 is 0. The van der Waals surface area contributed by atoms with E-state index in [1.165, 1.54) is 13.0 Å². The van der Waals surface area contributed by atoms with Gasteiger partial charge < -0.3 is 10.6 Å². The molecule has 0 aliphatic rings. The van der Waals surface area contributed by atoms with E-state index >= 15 is 0 Å². The molecule has 0 radical (unpaired) electrons. The number of anilines is 4. The Morgan fingerprint density at radius 2 is 1.54 bits per heavy atom. The largest absolute Gasteiger partial charge is 0.353 e. The van der Waals surface area contributed by atoms with Crippen molar-refractivity contribution in [1.82, 2.24) is 9.97 Å². The van der Waals surface area contributed by atoms with E-state index in [-0.39, 0.29) is 23.1 Å².